The molecule has 0 fully saturated rings. The van der Waals surface area contributed by atoms with Gasteiger partial charge in [0.25, 0.3) is 5.56 Å². The van der Waals surface area contributed by atoms with Crippen LogP contribution >= 0.6 is 11.6 Å². The molecule has 0 radical (unpaired) electrons. The summed E-state index contributed by atoms with van der Waals surface area (Å²) in [5.74, 6) is -1.08. The van der Waals surface area contributed by atoms with Gasteiger partial charge in [-0.25, -0.2) is 9.48 Å². The van der Waals surface area contributed by atoms with Crippen LogP contribution in [0.1, 0.15) is 37.5 Å². The van der Waals surface area contributed by atoms with Crippen molar-refractivity contribution < 1.29 is 14.3 Å². The second kappa shape index (κ2) is 12.7. The molecule has 0 aliphatic carbocycles. The molecule has 0 saturated carbocycles. The lowest BCUT2D eigenvalue weighted by atomic mass is 10.0. The molecule has 3 aromatic carbocycles. The van der Waals surface area contributed by atoms with Gasteiger partial charge in [0.05, 0.1) is 5.69 Å². The highest BCUT2D eigenvalue weighted by Gasteiger charge is 2.27. The van der Waals surface area contributed by atoms with Gasteiger partial charge in [-0.15, -0.1) is 0 Å². The summed E-state index contributed by atoms with van der Waals surface area (Å²) < 4.78 is 6.72. The maximum absolute atomic E-state index is 13.5. The summed E-state index contributed by atoms with van der Waals surface area (Å²) >= 11 is 6.07. The number of carbonyl (C=O) groups is 2. The van der Waals surface area contributed by atoms with Crippen LogP contribution in [0.3, 0.4) is 0 Å². The highest BCUT2D eigenvalue weighted by atomic mass is 35.5. The number of amides is 1. The van der Waals surface area contributed by atoms with Crippen LogP contribution < -0.4 is 10.9 Å². The zero-order valence-corrected chi connectivity index (χ0v) is 23.5. The van der Waals surface area contributed by atoms with E-state index in [1.165, 1.54) is 0 Å². The molecule has 7 nitrogen and oxygen atoms in total. The number of carbonyl (C=O) groups excluding carboxylic acids is 2. The minimum Gasteiger partial charge on any atom is -0.458 e. The lowest BCUT2D eigenvalue weighted by molar-refractivity contribution is -0.158. The third-order valence-corrected chi connectivity index (χ3v) is 6.28. The molecule has 206 valence electrons. The Hall–Kier alpha value is -4.23. The number of aromatic nitrogens is 2. The van der Waals surface area contributed by atoms with Crippen LogP contribution in [0.25, 0.3) is 11.3 Å². The molecule has 0 aliphatic heterocycles. The van der Waals surface area contributed by atoms with Crippen molar-refractivity contribution in [3.63, 3.8) is 0 Å². The van der Waals surface area contributed by atoms with Gasteiger partial charge in [-0.1, -0.05) is 84.4 Å². The van der Waals surface area contributed by atoms with Gasteiger partial charge in [-0.05, 0) is 50.1 Å². The second-order valence-corrected chi connectivity index (χ2v) is 11.0. The van der Waals surface area contributed by atoms with Crippen molar-refractivity contribution in [1.82, 2.24) is 15.1 Å². The molecule has 4 rings (SSSR count). The average molecular weight is 558 g/mol. The van der Waals surface area contributed by atoms with Gasteiger partial charge in [0.1, 0.15) is 18.2 Å². The van der Waals surface area contributed by atoms with E-state index in [9.17, 15) is 14.4 Å². The number of ether oxygens (including phenoxy) is 1. The highest BCUT2D eigenvalue weighted by Crippen LogP contribution is 2.20. The van der Waals surface area contributed by atoms with Gasteiger partial charge in [0, 0.05) is 29.0 Å². The smallest absolute Gasteiger partial charge is 0.329 e. The van der Waals surface area contributed by atoms with E-state index < -0.39 is 23.5 Å². The Morgan fingerprint density at radius 1 is 0.925 bits per heavy atom. The number of nitrogens with one attached hydrogen (secondary N) is 1. The monoisotopic (exact) mass is 557 g/mol. The number of rotatable bonds is 9. The summed E-state index contributed by atoms with van der Waals surface area (Å²) in [5.41, 5.74) is 2.49. The fourth-order valence-corrected chi connectivity index (χ4v) is 4.33. The minimum atomic E-state index is -0.937. The molecule has 0 bridgehead atoms. The van der Waals surface area contributed by atoms with Crippen molar-refractivity contribution in [2.24, 2.45) is 0 Å². The second-order valence-electron chi connectivity index (χ2n) is 10.5. The molecule has 1 atom stereocenters. The van der Waals surface area contributed by atoms with Crippen LogP contribution in [-0.2, 0) is 33.7 Å². The fourth-order valence-electron chi connectivity index (χ4n) is 4.20. The maximum atomic E-state index is 13.5. The zero-order chi connectivity index (χ0) is 28.7. The lowest BCUT2D eigenvalue weighted by Gasteiger charge is -2.25. The molecule has 1 heterocycles. The third kappa shape index (κ3) is 8.13. The molecular formula is C32H32ClN3O4. The van der Waals surface area contributed by atoms with Gasteiger partial charge < -0.3 is 10.1 Å². The van der Waals surface area contributed by atoms with Crippen molar-refractivity contribution in [3.05, 3.63) is 123 Å². The first kappa shape index (κ1) is 28.8. The van der Waals surface area contributed by atoms with Crippen LogP contribution in [0.2, 0.25) is 5.02 Å². The van der Waals surface area contributed by atoms with Crippen molar-refractivity contribution in [1.29, 1.82) is 0 Å². The third-order valence-electron chi connectivity index (χ3n) is 6.03. The number of benzene rings is 3. The fraction of sp³-hybridized carbons (Fsp3) is 0.250. The van der Waals surface area contributed by atoms with E-state index >= 15 is 0 Å². The van der Waals surface area contributed by atoms with Crippen molar-refractivity contribution in [2.45, 2.75) is 51.8 Å². The van der Waals surface area contributed by atoms with Crippen molar-refractivity contribution in [2.75, 3.05) is 0 Å². The van der Waals surface area contributed by atoms with Crippen LogP contribution in [0.5, 0.6) is 0 Å². The average Bonchev–Trinajstić information content (AvgIpc) is 2.91. The van der Waals surface area contributed by atoms with E-state index in [4.69, 9.17) is 16.3 Å². The summed E-state index contributed by atoms with van der Waals surface area (Å²) in [7, 11) is 0. The van der Waals surface area contributed by atoms with E-state index in [0.29, 0.717) is 22.7 Å². The Morgan fingerprint density at radius 3 is 2.12 bits per heavy atom. The van der Waals surface area contributed by atoms with Crippen LogP contribution in [0, 0.1) is 0 Å². The molecule has 0 unspecified atom stereocenters. The Balaban J connectivity index is 1.63. The first-order chi connectivity index (χ1) is 19.1. The van der Waals surface area contributed by atoms with Crippen LogP contribution in [0.4, 0.5) is 0 Å². The van der Waals surface area contributed by atoms with Gasteiger partial charge in [0.15, 0.2) is 0 Å². The zero-order valence-electron chi connectivity index (χ0n) is 22.8. The molecule has 0 spiro atoms. The molecular weight excluding hydrogens is 526 g/mol. The summed E-state index contributed by atoms with van der Waals surface area (Å²) in [6.07, 6.45) is 0.618. The van der Waals surface area contributed by atoms with Gasteiger partial charge in [0.2, 0.25) is 5.91 Å². The normalized spacial score (nSPS) is 12.0. The maximum Gasteiger partial charge on any atom is 0.329 e. The summed E-state index contributed by atoms with van der Waals surface area (Å²) in [5, 5.41) is 7.84. The topological polar surface area (TPSA) is 90.3 Å². The lowest BCUT2D eigenvalue weighted by Crippen LogP contribution is -2.47. The molecule has 1 N–H and O–H groups in total. The molecule has 8 heteroatoms. The van der Waals surface area contributed by atoms with Gasteiger partial charge in [-0.2, -0.15) is 5.10 Å². The number of esters is 1. The first-order valence-corrected chi connectivity index (χ1v) is 13.4. The SMILES string of the molecule is CC(C)(C)OC(=O)[C@H](Cc1ccccc1)NC(=O)Cn1nc(-c2ccc(Cl)cc2)cc(Cc2ccccc2)c1=O. The number of nitrogens with zero attached hydrogens (tertiary/aromatic N) is 2. The summed E-state index contributed by atoms with van der Waals surface area (Å²) in [6.45, 7) is 4.95. The van der Waals surface area contributed by atoms with E-state index in [1.54, 1.807) is 39.0 Å². The van der Waals surface area contributed by atoms with E-state index in [1.807, 2.05) is 72.8 Å². The number of hydrogen-bond donors (Lipinski definition) is 1. The molecule has 40 heavy (non-hydrogen) atoms. The predicted molar refractivity (Wildman–Crippen MR) is 156 cm³/mol. The molecule has 0 saturated heterocycles. The summed E-state index contributed by atoms with van der Waals surface area (Å²) in [6, 6.07) is 26.9. The molecule has 0 aliphatic rings. The molecule has 1 aromatic heterocycles. The number of hydrogen-bond acceptors (Lipinski definition) is 5. The van der Waals surface area contributed by atoms with Crippen LogP contribution in [-0.4, -0.2) is 33.3 Å². The first-order valence-electron chi connectivity index (χ1n) is 13.0. The molecule has 4 aromatic rings. The van der Waals surface area contributed by atoms with E-state index in [-0.39, 0.29) is 18.5 Å². The Kier molecular flexibility index (Phi) is 9.17. The quantitative estimate of drug-likeness (QED) is 0.285. The highest BCUT2D eigenvalue weighted by molar-refractivity contribution is 6.30. The standard InChI is InChI=1S/C32H32ClN3O4/c1-32(2,3)40-31(39)28(19-23-12-8-5-9-13-23)34-29(37)21-36-30(38)25(18-22-10-6-4-7-11-22)20-27(35-36)24-14-16-26(33)17-15-24/h4-17,20,28H,18-19,21H2,1-3H3,(H,34,37)/t28-/m0/s1. The Bertz CT molecular complexity index is 1510. The number of halogens is 1. The predicted octanol–water partition coefficient (Wildman–Crippen LogP) is 5.22. The molecule has 1 amide bonds. The van der Waals surface area contributed by atoms with Crippen molar-refractivity contribution in [3.8, 4) is 11.3 Å². The van der Waals surface area contributed by atoms with Crippen LogP contribution in [0.15, 0.2) is 95.8 Å². The summed E-state index contributed by atoms with van der Waals surface area (Å²) in [4.78, 5) is 39.7. The van der Waals surface area contributed by atoms with Gasteiger partial charge in [-0.3, -0.25) is 9.59 Å². The van der Waals surface area contributed by atoms with E-state index in [0.717, 1.165) is 21.4 Å². The Labute approximate surface area is 238 Å². The van der Waals surface area contributed by atoms with Gasteiger partial charge >= 0.3 is 5.97 Å². The van der Waals surface area contributed by atoms with E-state index in [2.05, 4.69) is 10.4 Å². The van der Waals surface area contributed by atoms with Crippen molar-refractivity contribution >= 4 is 23.5 Å². The minimum absolute atomic E-state index is 0.244. The Morgan fingerprint density at radius 2 is 1.52 bits per heavy atom. The largest absolute Gasteiger partial charge is 0.458 e.